The van der Waals surface area contributed by atoms with E-state index in [1.165, 1.54) is 0 Å². The van der Waals surface area contributed by atoms with Crippen molar-refractivity contribution in [2.24, 2.45) is 11.1 Å². The largest absolute Gasteiger partial charge is 0.411 e. The smallest absolute Gasteiger partial charge is 0.0878 e. The van der Waals surface area contributed by atoms with E-state index in [4.69, 9.17) is 23.2 Å². The van der Waals surface area contributed by atoms with Crippen LogP contribution in [0.15, 0.2) is 59.3 Å². The van der Waals surface area contributed by atoms with Crippen LogP contribution in [0, 0.1) is 5.92 Å². The van der Waals surface area contributed by atoms with Gasteiger partial charge in [-0.2, -0.15) is 5.48 Å². The maximum absolute atomic E-state index is 9.77. The van der Waals surface area contributed by atoms with E-state index in [2.05, 4.69) is 10.6 Å². The number of rotatable bonds is 4. The van der Waals surface area contributed by atoms with Crippen LogP contribution in [-0.2, 0) is 0 Å². The fourth-order valence-corrected chi connectivity index (χ4v) is 3.70. The number of oxime groups is 1. The summed E-state index contributed by atoms with van der Waals surface area (Å²) in [7, 11) is 0. The molecule has 2 unspecified atom stereocenters. The summed E-state index contributed by atoms with van der Waals surface area (Å²) in [4.78, 5) is 0. The van der Waals surface area contributed by atoms with Gasteiger partial charge in [0.1, 0.15) is 0 Å². The summed E-state index contributed by atoms with van der Waals surface area (Å²) in [5.41, 5.74) is 5.81. The summed E-state index contributed by atoms with van der Waals surface area (Å²) in [6.45, 7) is 0. The first-order chi connectivity index (χ1) is 12.6. The fraction of sp³-hybridized carbons (Fsp3) is 0.250. The van der Waals surface area contributed by atoms with Gasteiger partial charge in [-0.3, -0.25) is 0 Å². The summed E-state index contributed by atoms with van der Waals surface area (Å²) in [6.07, 6.45) is 4.57. The minimum atomic E-state index is -0.382. The van der Waals surface area contributed by atoms with E-state index in [9.17, 15) is 10.4 Å². The number of hydroxylamine groups is 1. The zero-order chi connectivity index (χ0) is 18.5. The number of nitrogens with zero attached hydrogens (tertiary/aromatic N) is 1. The van der Waals surface area contributed by atoms with E-state index >= 15 is 0 Å². The number of allylic oxidation sites excluding steroid dienone is 1. The second-order valence-electron chi connectivity index (χ2n) is 6.36. The highest BCUT2D eigenvalue weighted by Crippen LogP contribution is 2.36. The van der Waals surface area contributed by atoms with Gasteiger partial charge in [0, 0.05) is 16.0 Å². The van der Waals surface area contributed by atoms with E-state index in [1.807, 2.05) is 42.5 Å². The van der Waals surface area contributed by atoms with Crippen LogP contribution in [0.4, 0.5) is 0 Å². The standard InChI is InChI=1S/C20H20Cl2N2O2/c21-16-8-4-13(5-9-16)12-15-2-1-3-18(20(15)24-26)19(23-25)14-6-10-17(22)11-7-14/h4-12,18-19,23,25-26H,1-3H2/b15-12-,24-20+. The molecule has 0 bridgehead atoms. The van der Waals surface area contributed by atoms with Crippen molar-refractivity contribution in [2.45, 2.75) is 25.3 Å². The lowest BCUT2D eigenvalue weighted by Gasteiger charge is -2.31. The lowest BCUT2D eigenvalue weighted by atomic mass is 9.77. The molecule has 1 aliphatic rings. The van der Waals surface area contributed by atoms with Gasteiger partial charge in [-0.1, -0.05) is 52.6 Å². The minimum Gasteiger partial charge on any atom is -0.411 e. The Hall–Kier alpha value is -1.85. The number of hydrogen-bond acceptors (Lipinski definition) is 4. The normalized spacial score (nSPS) is 21.9. The van der Waals surface area contributed by atoms with Crippen LogP contribution in [-0.4, -0.2) is 16.1 Å². The van der Waals surface area contributed by atoms with Gasteiger partial charge in [0.05, 0.1) is 11.8 Å². The van der Waals surface area contributed by atoms with Gasteiger partial charge in [-0.05, 0) is 66.3 Å². The van der Waals surface area contributed by atoms with Crippen molar-refractivity contribution in [1.82, 2.24) is 5.48 Å². The molecule has 0 aliphatic heterocycles. The van der Waals surface area contributed by atoms with E-state index in [0.29, 0.717) is 15.8 Å². The first-order valence-electron chi connectivity index (χ1n) is 8.46. The molecule has 0 saturated heterocycles. The van der Waals surface area contributed by atoms with Gasteiger partial charge in [0.15, 0.2) is 0 Å². The van der Waals surface area contributed by atoms with Crippen LogP contribution < -0.4 is 5.48 Å². The first kappa shape index (κ1) is 18.9. The fourth-order valence-electron chi connectivity index (χ4n) is 3.45. The topological polar surface area (TPSA) is 64.9 Å². The third-order valence-corrected chi connectivity index (χ3v) is 5.23. The molecule has 4 nitrogen and oxygen atoms in total. The van der Waals surface area contributed by atoms with Crippen molar-refractivity contribution in [2.75, 3.05) is 0 Å². The average Bonchev–Trinajstić information content (AvgIpc) is 2.66. The molecule has 2 atom stereocenters. The molecule has 3 N–H and O–H groups in total. The van der Waals surface area contributed by atoms with Gasteiger partial charge in [-0.15, -0.1) is 0 Å². The number of hydrogen-bond donors (Lipinski definition) is 3. The predicted molar refractivity (Wildman–Crippen MR) is 105 cm³/mol. The Morgan fingerprint density at radius 3 is 2.23 bits per heavy atom. The van der Waals surface area contributed by atoms with Gasteiger partial charge in [-0.25, -0.2) is 0 Å². The van der Waals surface area contributed by atoms with Gasteiger partial charge < -0.3 is 10.4 Å². The second-order valence-corrected chi connectivity index (χ2v) is 7.24. The van der Waals surface area contributed by atoms with E-state index < -0.39 is 0 Å². The molecule has 0 aromatic heterocycles. The van der Waals surface area contributed by atoms with Gasteiger partial charge in [0.2, 0.25) is 0 Å². The maximum atomic E-state index is 9.77. The molecule has 0 radical (unpaired) electrons. The third-order valence-electron chi connectivity index (χ3n) is 4.73. The molecule has 3 rings (SSSR count). The van der Waals surface area contributed by atoms with Crippen molar-refractivity contribution < 1.29 is 10.4 Å². The van der Waals surface area contributed by atoms with Crippen LogP contribution in [0.2, 0.25) is 10.0 Å². The van der Waals surface area contributed by atoms with Crippen molar-refractivity contribution in [3.63, 3.8) is 0 Å². The lowest BCUT2D eigenvalue weighted by Crippen LogP contribution is -2.34. The van der Waals surface area contributed by atoms with Crippen molar-refractivity contribution in [3.8, 4) is 0 Å². The average molecular weight is 391 g/mol. The van der Waals surface area contributed by atoms with Crippen molar-refractivity contribution in [3.05, 3.63) is 75.3 Å². The van der Waals surface area contributed by atoms with Gasteiger partial charge in [0.25, 0.3) is 0 Å². The highest BCUT2D eigenvalue weighted by molar-refractivity contribution is 6.30. The van der Waals surface area contributed by atoms with E-state index in [1.54, 1.807) is 12.1 Å². The molecular weight excluding hydrogens is 371 g/mol. The van der Waals surface area contributed by atoms with Crippen LogP contribution in [0.3, 0.4) is 0 Å². The van der Waals surface area contributed by atoms with Crippen LogP contribution in [0.25, 0.3) is 6.08 Å². The Balaban J connectivity index is 1.91. The molecule has 1 saturated carbocycles. The summed E-state index contributed by atoms with van der Waals surface area (Å²) in [6, 6.07) is 14.4. The SMILES string of the molecule is O/N=C1\C(=C/c2ccc(Cl)cc2)CCCC1C(NO)c1ccc(Cl)cc1. The van der Waals surface area contributed by atoms with Gasteiger partial charge >= 0.3 is 0 Å². The summed E-state index contributed by atoms with van der Waals surface area (Å²) in [5.74, 6) is -0.154. The number of halogens is 2. The molecule has 0 spiro atoms. The Kier molecular flexibility index (Phi) is 6.33. The Morgan fingerprint density at radius 1 is 1.04 bits per heavy atom. The van der Waals surface area contributed by atoms with Crippen molar-refractivity contribution >= 4 is 35.0 Å². The molecule has 136 valence electrons. The van der Waals surface area contributed by atoms with Crippen LogP contribution >= 0.6 is 23.2 Å². The highest BCUT2D eigenvalue weighted by Gasteiger charge is 2.32. The molecule has 0 heterocycles. The molecule has 6 heteroatoms. The Morgan fingerprint density at radius 2 is 1.65 bits per heavy atom. The molecule has 2 aromatic carbocycles. The number of nitrogens with one attached hydrogen (secondary N) is 1. The molecule has 1 aliphatic carbocycles. The van der Waals surface area contributed by atoms with E-state index in [-0.39, 0.29) is 12.0 Å². The minimum absolute atomic E-state index is 0.154. The monoisotopic (exact) mass is 390 g/mol. The van der Waals surface area contributed by atoms with Crippen molar-refractivity contribution in [1.29, 1.82) is 0 Å². The van der Waals surface area contributed by atoms with E-state index in [0.717, 1.165) is 36.0 Å². The third kappa shape index (κ3) is 4.27. The Labute approximate surface area is 162 Å². The zero-order valence-electron chi connectivity index (χ0n) is 14.1. The second kappa shape index (κ2) is 8.69. The van der Waals surface area contributed by atoms with Crippen LogP contribution in [0.5, 0.6) is 0 Å². The number of benzene rings is 2. The molecular formula is C20H20Cl2N2O2. The first-order valence-corrected chi connectivity index (χ1v) is 9.21. The summed E-state index contributed by atoms with van der Waals surface area (Å²) in [5, 5.41) is 24.3. The summed E-state index contributed by atoms with van der Waals surface area (Å²) >= 11 is 11.9. The molecule has 0 amide bonds. The quantitative estimate of drug-likeness (QED) is 0.461. The Bertz CT molecular complexity index is 802. The molecule has 2 aromatic rings. The van der Waals surface area contributed by atoms with Crippen LogP contribution in [0.1, 0.15) is 36.4 Å². The predicted octanol–water partition coefficient (Wildman–Crippen LogP) is 5.73. The lowest BCUT2D eigenvalue weighted by molar-refractivity contribution is 0.106. The highest BCUT2D eigenvalue weighted by atomic mass is 35.5. The maximum Gasteiger partial charge on any atom is 0.0878 e. The molecule has 1 fully saturated rings. The zero-order valence-corrected chi connectivity index (χ0v) is 15.6. The molecule has 26 heavy (non-hydrogen) atoms. The summed E-state index contributed by atoms with van der Waals surface area (Å²) < 4.78 is 0.